The van der Waals surface area contributed by atoms with Crippen LogP contribution in [0.4, 0.5) is 5.69 Å². The smallest absolute Gasteiger partial charge is 0.270 e. The van der Waals surface area contributed by atoms with Crippen LogP contribution in [-0.4, -0.2) is 45.2 Å². The summed E-state index contributed by atoms with van der Waals surface area (Å²) in [6, 6.07) is 11.1. The molecule has 1 aromatic carbocycles. The van der Waals surface area contributed by atoms with Crippen LogP contribution in [0.15, 0.2) is 35.1 Å². The summed E-state index contributed by atoms with van der Waals surface area (Å²) in [7, 11) is 1.65. The molecule has 1 N–H and O–H groups in total. The number of halogens is 2. The number of phenols is 1. The fourth-order valence-electron chi connectivity index (χ4n) is 5.43. The molecule has 3 atom stereocenters. The van der Waals surface area contributed by atoms with E-state index in [1.807, 2.05) is 6.07 Å². The first-order chi connectivity index (χ1) is 15.8. The van der Waals surface area contributed by atoms with E-state index in [9.17, 15) is 15.2 Å². The second-order valence-electron chi connectivity index (χ2n) is 8.97. The van der Waals surface area contributed by atoms with Crippen molar-refractivity contribution in [3.63, 3.8) is 0 Å². The molecule has 0 amide bonds. The Kier molecular flexibility index (Phi) is 5.48. The third-order valence-corrected chi connectivity index (χ3v) is 7.63. The van der Waals surface area contributed by atoms with Gasteiger partial charge < -0.3 is 14.6 Å². The number of phenolic OH excluding ortho intramolecular Hbond substituents is 1. The van der Waals surface area contributed by atoms with Gasteiger partial charge in [0.25, 0.3) is 5.56 Å². The summed E-state index contributed by atoms with van der Waals surface area (Å²) < 4.78 is 1.46. The van der Waals surface area contributed by atoms with Gasteiger partial charge in [0.15, 0.2) is 0 Å². The number of benzene rings is 1. The van der Waals surface area contributed by atoms with Crippen molar-refractivity contribution in [2.75, 3.05) is 24.5 Å². The number of aromatic hydroxyl groups is 1. The van der Waals surface area contributed by atoms with Gasteiger partial charge in [-0.1, -0.05) is 29.3 Å². The highest BCUT2D eigenvalue weighted by molar-refractivity contribution is 6.30. The number of aromatic nitrogens is 2. The molecule has 0 spiro atoms. The van der Waals surface area contributed by atoms with Crippen molar-refractivity contribution in [3.8, 4) is 11.8 Å². The van der Waals surface area contributed by atoms with Crippen LogP contribution >= 0.6 is 23.2 Å². The largest absolute Gasteiger partial charge is 0.508 e. The molecule has 0 saturated carbocycles. The maximum absolute atomic E-state index is 12.9. The maximum atomic E-state index is 12.9. The van der Waals surface area contributed by atoms with Gasteiger partial charge >= 0.3 is 0 Å². The molecular weight excluding hydrogens is 461 g/mol. The highest BCUT2D eigenvalue weighted by atomic mass is 35.5. The summed E-state index contributed by atoms with van der Waals surface area (Å²) in [5.41, 5.74) is 2.46. The van der Waals surface area contributed by atoms with E-state index in [2.05, 4.69) is 27.8 Å². The van der Waals surface area contributed by atoms with Crippen molar-refractivity contribution in [1.29, 1.82) is 5.26 Å². The molecule has 3 aromatic rings. The quantitative estimate of drug-likeness (QED) is 0.570. The van der Waals surface area contributed by atoms with Gasteiger partial charge in [0.2, 0.25) is 0 Å². The molecule has 33 heavy (non-hydrogen) atoms. The van der Waals surface area contributed by atoms with Crippen molar-refractivity contribution >= 4 is 39.9 Å². The Morgan fingerprint density at radius 3 is 2.70 bits per heavy atom. The highest BCUT2D eigenvalue weighted by Crippen LogP contribution is 2.41. The highest BCUT2D eigenvalue weighted by Gasteiger charge is 2.46. The Bertz CT molecular complexity index is 1370. The van der Waals surface area contributed by atoms with E-state index in [4.69, 9.17) is 23.2 Å². The lowest BCUT2D eigenvalue weighted by molar-refractivity contribution is 0.231. The van der Waals surface area contributed by atoms with E-state index in [1.54, 1.807) is 31.3 Å². The topological polar surface area (TPSA) is 85.4 Å². The van der Waals surface area contributed by atoms with Crippen molar-refractivity contribution in [2.45, 2.75) is 19.5 Å². The molecule has 2 aliphatic rings. The monoisotopic (exact) mass is 483 g/mol. The first-order valence-electron chi connectivity index (χ1n) is 10.8. The SMILES string of the molecule is C[C@@H]1[C@H]2CN(c3c(C#N)c(=O)n(C)c4ccc(Cl)nc34)C[C@H]2CN1Cc1ccc(Cl)cc1O. The first-order valence-corrected chi connectivity index (χ1v) is 11.6. The summed E-state index contributed by atoms with van der Waals surface area (Å²) in [4.78, 5) is 21.9. The molecule has 5 rings (SSSR count). The minimum absolute atomic E-state index is 0.107. The van der Waals surface area contributed by atoms with Crippen LogP contribution in [-0.2, 0) is 13.6 Å². The Morgan fingerprint density at radius 2 is 2.00 bits per heavy atom. The molecule has 2 aliphatic heterocycles. The van der Waals surface area contributed by atoms with Gasteiger partial charge in [-0.25, -0.2) is 4.98 Å². The van der Waals surface area contributed by atoms with Crippen molar-refractivity contribution in [1.82, 2.24) is 14.5 Å². The Balaban J connectivity index is 1.45. The molecule has 0 radical (unpaired) electrons. The third-order valence-electron chi connectivity index (χ3n) is 7.19. The summed E-state index contributed by atoms with van der Waals surface area (Å²) in [5.74, 6) is 0.949. The van der Waals surface area contributed by atoms with Crippen LogP contribution < -0.4 is 10.5 Å². The number of pyridine rings is 2. The van der Waals surface area contributed by atoms with Crippen LogP contribution in [0.5, 0.6) is 5.75 Å². The number of rotatable bonds is 3. The first kappa shape index (κ1) is 22.0. The molecule has 7 nitrogen and oxygen atoms in total. The standard InChI is InChI=1S/C24H23Cl2N5O2/c1-13-18-12-31(11-15(18)10-30(13)9-14-3-4-16(25)7-20(14)32)23-17(8-27)24(33)29(2)19-5-6-21(26)28-22(19)23/h3-7,13,15,18,32H,9-12H2,1-2H3/t13-,15-,18-/m1/s1. The van der Waals surface area contributed by atoms with Gasteiger partial charge in [-0.15, -0.1) is 0 Å². The fourth-order valence-corrected chi connectivity index (χ4v) is 5.75. The Labute approximate surface area is 201 Å². The summed E-state index contributed by atoms with van der Waals surface area (Å²) in [6.45, 7) is 5.16. The van der Waals surface area contributed by atoms with Gasteiger partial charge in [0, 0.05) is 49.9 Å². The van der Waals surface area contributed by atoms with Gasteiger partial charge in [0.1, 0.15) is 28.1 Å². The van der Waals surface area contributed by atoms with Crippen LogP contribution in [0.25, 0.3) is 11.0 Å². The van der Waals surface area contributed by atoms with Crippen LogP contribution in [0.2, 0.25) is 10.2 Å². The second-order valence-corrected chi connectivity index (χ2v) is 9.80. The maximum Gasteiger partial charge on any atom is 0.270 e. The normalized spacial score (nSPS) is 22.6. The lowest BCUT2D eigenvalue weighted by Crippen LogP contribution is -2.35. The number of fused-ring (bicyclic) bond motifs is 2. The van der Waals surface area contributed by atoms with Gasteiger partial charge in [-0.05, 0) is 43.0 Å². The van der Waals surface area contributed by atoms with Crippen LogP contribution in [0, 0.1) is 23.2 Å². The number of likely N-dealkylation sites (tertiary alicyclic amines) is 1. The van der Waals surface area contributed by atoms with Crippen molar-refractivity contribution in [2.24, 2.45) is 18.9 Å². The number of aryl methyl sites for hydroxylation is 1. The minimum Gasteiger partial charge on any atom is -0.508 e. The fraction of sp³-hybridized carbons (Fsp3) is 0.375. The third kappa shape index (κ3) is 3.63. The lowest BCUT2D eigenvalue weighted by Gasteiger charge is -2.28. The van der Waals surface area contributed by atoms with Gasteiger partial charge in [-0.2, -0.15) is 5.26 Å². The number of hydrogen-bond donors (Lipinski definition) is 1. The molecule has 0 bridgehead atoms. The summed E-state index contributed by atoms with van der Waals surface area (Å²) >= 11 is 12.2. The van der Waals surface area contributed by atoms with Crippen LogP contribution in [0.3, 0.4) is 0 Å². The molecule has 2 fully saturated rings. The second kappa shape index (κ2) is 8.21. The molecule has 4 heterocycles. The summed E-state index contributed by atoms with van der Waals surface area (Å²) in [6.07, 6.45) is 0. The van der Waals surface area contributed by atoms with E-state index in [0.29, 0.717) is 45.3 Å². The predicted molar refractivity (Wildman–Crippen MR) is 129 cm³/mol. The zero-order valence-electron chi connectivity index (χ0n) is 18.3. The predicted octanol–water partition coefficient (Wildman–Crippen LogP) is 3.77. The number of hydrogen-bond acceptors (Lipinski definition) is 6. The molecule has 9 heteroatoms. The van der Waals surface area contributed by atoms with Gasteiger partial charge in [0.05, 0.1) is 11.2 Å². The zero-order valence-corrected chi connectivity index (χ0v) is 19.8. The lowest BCUT2D eigenvalue weighted by atomic mass is 9.95. The Morgan fingerprint density at radius 1 is 1.21 bits per heavy atom. The molecule has 0 unspecified atom stereocenters. The van der Waals surface area contributed by atoms with E-state index < -0.39 is 0 Å². The van der Waals surface area contributed by atoms with E-state index in [0.717, 1.165) is 25.2 Å². The van der Waals surface area contributed by atoms with Crippen LogP contribution in [0.1, 0.15) is 18.1 Å². The minimum atomic E-state index is -0.325. The van der Waals surface area contributed by atoms with E-state index in [1.165, 1.54) is 4.57 Å². The average Bonchev–Trinajstić information content (AvgIpc) is 3.31. The molecule has 2 saturated heterocycles. The number of nitriles is 1. The van der Waals surface area contributed by atoms with Crippen molar-refractivity contribution in [3.05, 3.63) is 62.0 Å². The molecule has 170 valence electrons. The van der Waals surface area contributed by atoms with E-state index >= 15 is 0 Å². The molecule has 2 aromatic heterocycles. The average molecular weight is 484 g/mol. The Hall–Kier alpha value is -2.79. The number of anilines is 1. The van der Waals surface area contributed by atoms with Crippen molar-refractivity contribution < 1.29 is 5.11 Å². The zero-order chi connectivity index (χ0) is 23.4. The molecule has 0 aliphatic carbocycles. The number of nitrogens with zero attached hydrogens (tertiary/aromatic N) is 5. The van der Waals surface area contributed by atoms with E-state index in [-0.39, 0.29) is 22.9 Å². The molecular formula is C24H23Cl2N5O2. The summed E-state index contributed by atoms with van der Waals surface area (Å²) in [5, 5.41) is 20.9. The van der Waals surface area contributed by atoms with Gasteiger partial charge in [-0.3, -0.25) is 9.69 Å².